The molecular formula is C12H15NO2S. The number of carbonyl (C=O) groups excluding carboxylic acids is 2. The van der Waals surface area contributed by atoms with E-state index >= 15 is 0 Å². The Bertz CT molecular complexity index is 450. The lowest BCUT2D eigenvalue weighted by molar-refractivity contribution is -0.131. The van der Waals surface area contributed by atoms with Crippen LogP contribution in [0.25, 0.3) is 0 Å². The van der Waals surface area contributed by atoms with Crippen molar-refractivity contribution in [3.8, 4) is 0 Å². The first-order valence-corrected chi connectivity index (χ1v) is 6.23. The zero-order chi connectivity index (χ0) is 11.9. The van der Waals surface area contributed by atoms with Crippen LogP contribution in [-0.2, 0) is 11.2 Å². The van der Waals surface area contributed by atoms with E-state index in [9.17, 15) is 9.59 Å². The summed E-state index contributed by atoms with van der Waals surface area (Å²) in [6.07, 6.45) is 0.864. The minimum Gasteiger partial charge on any atom is -0.335 e. The summed E-state index contributed by atoms with van der Waals surface area (Å²) in [4.78, 5) is 26.6. The molecule has 0 bridgehead atoms. The molecule has 3 nitrogen and oxygen atoms in total. The van der Waals surface area contributed by atoms with Crippen LogP contribution in [0.3, 0.4) is 0 Å². The van der Waals surface area contributed by atoms with Gasteiger partial charge in [0.15, 0.2) is 5.78 Å². The number of hydrogen-bond donors (Lipinski definition) is 0. The molecule has 1 aromatic heterocycles. The van der Waals surface area contributed by atoms with E-state index in [0.717, 1.165) is 17.8 Å². The van der Waals surface area contributed by atoms with Crippen molar-refractivity contribution in [1.82, 2.24) is 4.90 Å². The molecule has 0 saturated carbocycles. The van der Waals surface area contributed by atoms with E-state index in [-0.39, 0.29) is 17.7 Å². The number of thiophene rings is 1. The van der Waals surface area contributed by atoms with Crippen molar-refractivity contribution in [2.75, 3.05) is 6.54 Å². The molecule has 4 heteroatoms. The van der Waals surface area contributed by atoms with Crippen LogP contribution in [0.4, 0.5) is 0 Å². The number of fused-ring (bicyclic) bond motifs is 1. The Balaban J connectivity index is 2.37. The SMILES string of the molecule is CC(=O)c1cc2c(s1)C(C)N(C(C)=O)CC2. The predicted octanol–water partition coefficient (Wildman–Crippen LogP) is 2.42. The van der Waals surface area contributed by atoms with Gasteiger partial charge in [-0.25, -0.2) is 0 Å². The van der Waals surface area contributed by atoms with E-state index in [1.165, 1.54) is 21.8 Å². The van der Waals surface area contributed by atoms with Crippen molar-refractivity contribution < 1.29 is 9.59 Å². The van der Waals surface area contributed by atoms with E-state index in [4.69, 9.17) is 0 Å². The van der Waals surface area contributed by atoms with Gasteiger partial charge in [-0.2, -0.15) is 0 Å². The Morgan fingerprint density at radius 2 is 2.12 bits per heavy atom. The first kappa shape index (κ1) is 11.3. The molecule has 0 N–H and O–H groups in total. The third-order valence-corrected chi connectivity index (χ3v) is 4.51. The van der Waals surface area contributed by atoms with Gasteiger partial charge in [0.25, 0.3) is 0 Å². The first-order valence-electron chi connectivity index (χ1n) is 5.41. The van der Waals surface area contributed by atoms with Gasteiger partial charge < -0.3 is 4.90 Å². The highest BCUT2D eigenvalue weighted by atomic mass is 32.1. The Morgan fingerprint density at radius 1 is 1.44 bits per heavy atom. The van der Waals surface area contributed by atoms with Gasteiger partial charge >= 0.3 is 0 Å². The third kappa shape index (κ3) is 1.78. The Morgan fingerprint density at radius 3 is 2.69 bits per heavy atom. The molecule has 1 amide bonds. The lowest BCUT2D eigenvalue weighted by Crippen LogP contribution is -2.36. The first-order chi connectivity index (χ1) is 7.50. The van der Waals surface area contributed by atoms with E-state index < -0.39 is 0 Å². The molecule has 1 aliphatic heterocycles. The standard InChI is InChI=1S/C12H15NO2S/c1-7-12-10(4-5-13(7)9(3)15)6-11(16-12)8(2)14/h6-7H,4-5H2,1-3H3. The van der Waals surface area contributed by atoms with Crippen molar-refractivity contribution in [2.24, 2.45) is 0 Å². The maximum Gasteiger partial charge on any atom is 0.219 e. The molecular weight excluding hydrogens is 222 g/mol. The molecule has 0 radical (unpaired) electrons. The second-order valence-electron chi connectivity index (χ2n) is 4.19. The van der Waals surface area contributed by atoms with Gasteiger partial charge in [0.05, 0.1) is 10.9 Å². The van der Waals surface area contributed by atoms with Crippen molar-refractivity contribution in [3.05, 3.63) is 21.4 Å². The Kier molecular flexibility index (Phi) is 2.84. The molecule has 0 saturated heterocycles. The van der Waals surface area contributed by atoms with Crippen LogP contribution in [0.1, 0.15) is 46.9 Å². The van der Waals surface area contributed by atoms with Gasteiger partial charge in [-0.3, -0.25) is 9.59 Å². The number of ketones is 1. The molecule has 1 atom stereocenters. The smallest absolute Gasteiger partial charge is 0.219 e. The molecule has 2 rings (SSSR count). The van der Waals surface area contributed by atoms with Crippen molar-refractivity contribution in [1.29, 1.82) is 0 Å². The topological polar surface area (TPSA) is 37.4 Å². The minimum absolute atomic E-state index is 0.107. The van der Waals surface area contributed by atoms with E-state index in [0.29, 0.717) is 0 Å². The van der Waals surface area contributed by atoms with Gasteiger partial charge in [-0.1, -0.05) is 0 Å². The summed E-state index contributed by atoms with van der Waals surface area (Å²) >= 11 is 1.53. The molecule has 1 unspecified atom stereocenters. The van der Waals surface area contributed by atoms with Crippen LogP contribution in [0.5, 0.6) is 0 Å². The van der Waals surface area contributed by atoms with E-state index in [2.05, 4.69) is 0 Å². The van der Waals surface area contributed by atoms with Crippen molar-refractivity contribution >= 4 is 23.0 Å². The normalized spacial score (nSPS) is 19.4. The number of amides is 1. The zero-order valence-electron chi connectivity index (χ0n) is 9.74. The van der Waals surface area contributed by atoms with Crippen molar-refractivity contribution in [2.45, 2.75) is 33.2 Å². The van der Waals surface area contributed by atoms with Crippen LogP contribution in [0.2, 0.25) is 0 Å². The molecule has 1 aliphatic rings. The van der Waals surface area contributed by atoms with Gasteiger partial charge in [-0.15, -0.1) is 11.3 Å². The number of Topliss-reactive ketones (excluding diaryl/α,β-unsaturated/α-hetero) is 1. The third-order valence-electron chi connectivity index (χ3n) is 3.06. The molecule has 0 aliphatic carbocycles. The van der Waals surface area contributed by atoms with Crippen LogP contribution in [0, 0.1) is 0 Å². The number of nitrogens with zero attached hydrogens (tertiary/aromatic N) is 1. The molecule has 0 aromatic carbocycles. The second kappa shape index (κ2) is 4.01. The Labute approximate surface area is 99.1 Å². The lowest BCUT2D eigenvalue weighted by atomic mass is 10.0. The maximum atomic E-state index is 11.4. The maximum absolute atomic E-state index is 11.4. The predicted molar refractivity (Wildman–Crippen MR) is 63.8 cm³/mol. The van der Waals surface area contributed by atoms with Gasteiger partial charge in [-0.05, 0) is 31.9 Å². The van der Waals surface area contributed by atoms with Crippen LogP contribution >= 0.6 is 11.3 Å². The Hall–Kier alpha value is -1.16. The fourth-order valence-electron chi connectivity index (χ4n) is 2.17. The molecule has 16 heavy (non-hydrogen) atoms. The summed E-state index contributed by atoms with van der Waals surface area (Å²) in [6, 6.07) is 2.09. The van der Waals surface area contributed by atoms with Crippen LogP contribution < -0.4 is 0 Å². The summed E-state index contributed by atoms with van der Waals surface area (Å²) in [5.74, 6) is 0.219. The van der Waals surface area contributed by atoms with Gasteiger partial charge in [0.1, 0.15) is 0 Å². The van der Waals surface area contributed by atoms with Gasteiger partial charge in [0, 0.05) is 18.3 Å². The highest BCUT2D eigenvalue weighted by Gasteiger charge is 2.28. The summed E-state index contributed by atoms with van der Waals surface area (Å²) in [5.41, 5.74) is 1.24. The van der Waals surface area contributed by atoms with Crippen molar-refractivity contribution in [3.63, 3.8) is 0 Å². The molecule has 86 valence electrons. The average Bonchev–Trinajstić information content (AvgIpc) is 2.62. The summed E-state index contributed by atoms with van der Waals surface area (Å²) in [6.45, 7) is 5.98. The quantitative estimate of drug-likeness (QED) is 0.703. The van der Waals surface area contributed by atoms with Gasteiger partial charge in [0.2, 0.25) is 5.91 Å². The van der Waals surface area contributed by atoms with Crippen LogP contribution in [-0.4, -0.2) is 23.1 Å². The minimum atomic E-state index is 0.107. The lowest BCUT2D eigenvalue weighted by Gasteiger charge is -2.32. The average molecular weight is 237 g/mol. The molecule has 0 spiro atoms. The van der Waals surface area contributed by atoms with E-state index in [1.54, 1.807) is 13.8 Å². The monoisotopic (exact) mass is 237 g/mol. The fraction of sp³-hybridized carbons (Fsp3) is 0.500. The zero-order valence-corrected chi connectivity index (χ0v) is 10.6. The largest absolute Gasteiger partial charge is 0.335 e. The molecule has 2 heterocycles. The van der Waals surface area contributed by atoms with E-state index in [1.807, 2.05) is 17.9 Å². The number of carbonyl (C=O) groups is 2. The summed E-state index contributed by atoms with van der Waals surface area (Å²) < 4.78 is 0. The second-order valence-corrected chi connectivity index (χ2v) is 5.28. The summed E-state index contributed by atoms with van der Waals surface area (Å²) in [5, 5.41) is 0. The number of hydrogen-bond acceptors (Lipinski definition) is 3. The molecule has 0 fully saturated rings. The number of rotatable bonds is 1. The highest BCUT2D eigenvalue weighted by molar-refractivity contribution is 7.14. The van der Waals surface area contributed by atoms with Crippen LogP contribution in [0.15, 0.2) is 6.07 Å². The highest BCUT2D eigenvalue weighted by Crippen LogP contribution is 2.36. The summed E-state index contributed by atoms with van der Waals surface area (Å²) in [7, 11) is 0. The fourth-order valence-corrected chi connectivity index (χ4v) is 3.34. The molecule has 1 aromatic rings.